The molecule has 0 saturated carbocycles. The Kier molecular flexibility index (Phi) is 6.40. The summed E-state index contributed by atoms with van der Waals surface area (Å²) in [6.45, 7) is 0. The van der Waals surface area contributed by atoms with E-state index in [0.717, 1.165) is 29.2 Å². The highest BCUT2D eigenvalue weighted by molar-refractivity contribution is 7.98. The highest BCUT2D eigenvalue weighted by Gasteiger charge is 2.20. The van der Waals surface area contributed by atoms with Gasteiger partial charge in [0.05, 0.1) is 22.5 Å². The lowest BCUT2D eigenvalue weighted by molar-refractivity contribution is -0.121. The third-order valence-corrected chi connectivity index (χ3v) is 5.33. The number of amides is 1. The lowest BCUT2D eigenvalue weighted by Crippen LogP contribution is -2.31. The molecular formula is C18H18Cl2N4OS. The van der Waals surface area contributed by atoms with Crippen molar-refractivity contribution < 1.29 is 4.79 Å². The van der Waals surface area contributed by atoms with Gasteiger partial charge in [-0.3, -0.25) is 9.20 Å². The topological polar surface area (TPSA) is 59.3 Å². The van der Waals surface area contributed by atoms with E-state index in [2.05, 4.69) is 15.5 Å². The van der Waals surface area contributed by atoms with Crippen LogP contribution in [0.25, 0.3) is 5.65 Å². The molecular weight excluding hydrogens is 391 g/mol. The highest BCUT2D eigenvalue weighted by Crippen LogP contribution is 2.23. The predicted molar refractivity (Wildman–Crippen MR) is 107 cm³/mol. The third kappa shape index (κ3) is 4.50. The van der Waals surface area contributed by atoms with Crippen LogP contribution in [0.1, 0.15) is 23.9 Å². The molecule has 3 aromatic rings. The van der Waals surface area contributed by atoms with Crippen LogP contribution in [0.2, 0.25) is 10.0 Å². The Bertz CT molecular complexity index is 915. The largest absolute Gasteiger partial charge is 0.346 e. The number of hydrogen-bond donors (Lipinski definition) is 1. The monoisotopic (exact) mass is 408 g/mol. The number of nitrogens with one attached hydrogen (secondary N) is 1. The summed E-state index contributed by atoms with van der Waals surface area (Å²) in [6.07, 6.45) is 4.94. The van der Waals surface area contributed by atoms with Crippen LogP contribution in [0.15, 0.2) is 42.6 Å². The van der Waals surface area contributed by atoms with E-state index in [1.54, 1.807) is 30.0 Å². The lowest BCUT2D eigenvalue weighted by Gasteiger charge is -2.17. The average molecular weight is 409 g/mol. The van der Waals surface area contributed by atoms with Gasteiger partial charge < -0.3 is 5.32 Å². The molecule has 0 aliphatic rings. The maximum atomic E-state index is 12.6. The Morgan fingerprint density at radius 1 is 1.23 bits per heavy atom. The van der Waals surface area contributed by atoms with Crippen LogP contribution in [0.3, 0.4) is 0 Å². The van der Waals surface area contributed by atoms with E-state index in [4.69, 9.17) is 23.2 Å². The second-order valence-corrected chi connectivity index (χ2v) is 7.61. The van der Waals surface area contributed by atoms with Crippen LogP contribution in [-0.2, 0) is 11.2 Å². The smallest absolute Gasteiger partial charge is 0.225 e. The zero-order valence-corrected chi connectivity index (χ0v) is 16.5. The van der Waals surface area contributed by atoms with Crippen molar-refractivity contribution in [2.24, 2.45) is 0 Å². The Labute approximate surface area is 166 Å². The summed E-state index contributed by atoms with van der Waals surface area (Å²) >= 11 is 13.7. The van der Waals surface area contributed by atoms with E-state index in [1.807, 2.05) is 35.1 Å². The second-order valence-electron chi connectivity index (χ2n) is 5.81. The molecule has 0 fully saturated rings. The number of aromatic nitrogens is 3. The average Bonchev–Trinajstić information content (AvgIpc) is 3.06. The zero-order valence-electron chi connectivity index (χ0n) is 14.2. The normalized spacial score (nSPS) is 12.3. The van der Waals surface area contributed by atoms with Crippen LogP contribution in [0, 0.1) is 0 Å². The van der Waals surface area contributed by atoms with Gasteiger partial charge >= 0.3 is 0 Å². The standard InChI is InChI=1S/C18H18Cl2N4OS/c1-26-9-7-15(18-23-22-16-4-2-3-8-24(16)18)21-17(25)11-12-5-6-13(19)14(20)10-12/h2-6,8,10,15H,7,9,11H2,1H3,(H,21,25)/t15-/m1/s1. The Morgan fingerprint density at radius 3 is 2.85 bits per heavy atom. The molecule has 1 aromatic carbocycles. The maximum absolute atomic E-state index is 12.6. The summed E-state index contributed by atoms with van der Waals surface area (Å²) < 4.78 is 1.91. The molecule has 0 bridgehead atoms. The van der Waals surface area contributed by atoms with E-state index in [-0.39, 0.29) is 18.4 Å². The van der Waals surface area contributed by atoms with E-state index in [0.29, 0.717) is 10.0 Å². The molecule has 1 N–H and O–H groups in total. The zero-order chi connectivity index (χ0) is 18.5. The predicted octanol–water partition coefficient (Wildman–Crippen LogP) is 4.19. The Morgan fingerprint density at radius 2 is 2.08 bits per heavy atom. The van der Waals surface area contributed by atoms with Crippen molar-refractivity contribution in [2.75, 3.05) is 12.0 Å². The van der Waals surface area contributed by atoms with Gasteiger partial charge in [-0.05, 0) is 48.3 Å². The summed E-state index contributed by atoms with van der Waals surface area (Å²) in [5.41, 5.74) is 1.57. The summed E-state index contributed by atoms with van der Waals surface area (Å²) in [5.74, 6) is 1.54. The fourth-order valence-electron chi connectivity index (χ4n) is 2.68. The van der Waals surface area contributed by atoms with Gasteiger partial charge in [-0.25, -0.2) is 0 Å². The van der Waals surface area contributed by atoms with E-state index >= 15 is 0 Å². The summed E-state index contributed by atoms with van der Waals surface area (Å²) in [7, 11) is 0. The first kappa shape index (κ1) is 19.0. The SMILES string of the molecule is CSCC[C@@H](NC(=O)Cc1ccc(Cl)c(Cl)c1)c1nnc2ccccn12. The van der Waals surface area contributed by atoms with Gasteiger partial charge in [0.15, 0.2) is 11.5 Å². The number of halogens is 2. The Hall–Kier alpha value is -1.76. The van der Waals surface area contributed by atoms with Crippen molar-refractivity contribution >= 4 is 46.5 Å². The second kappa shape index (κ2) is 8.75. The molecule has 0 spiro atoms. The number of thioether (sulfide) groups is 1. The molecule has 0 unspecified atom stereocenters. The molecule has 136 valence electrons. The minimum Gasteiger partial charge on any atom is -0.346 e. The van der Waals surface area contributed by atoms with E-state index in [9.17, 15) is 4.79 Å². The summed E-state index contributed by atoms with van der Waals surface area (Å²) in [6, 6.07) is 10.7. The number of carbonyl (C=O) groups is 1. The van der Waals surface area contributed by atoms with Crippen molar-refractivity contribution in [3.05, 3.63) is 64.0 Å². The number of nitrogens with zero attached hydrogens (tertiary/aromatic N) is 3. The molecule has 26 heavy (non-hydrogen) atoms. The molecule has 0 radical (unpaired) electrons. The van der Waals surface area contributed by atoms with E-state index < -0.39 is 0 Å². The fraction of sp³-hybridized carbons (Fsp3) is 0.278. The van der Waals surface area contributed by atoms with E-state index in [1.165, 1.54) is 0 Å². The molecule has 3 rings (SSSR count). The first-order valence-electron chi connectivity index (χ1n) is 8.10. The van der Waals surface area contributed by atoms with Gasteiger partial charge in [0, 0.05) is 6.20 Å². The first-order valence-corrected chi connectivity index (χ1v) is 10.3. The molecule has 1 atom stereocenters. The van der Waals surface area contributed by atoms with Crippen LogP contribution in [0.5, 0.6) is 0 Å². The lowest BCUT2D eigenvalue weighted by atomic mass is 10.1. The van der Waals surface area contributed by atoms with Gasteiger partial charge in [0.2, 0.25) is 5.91 Å². The van der Waals surface area contributed by atoms with Crippen molar-refractivity contribution in [3.8, 4) is 0 Å². The number of benzene rings is 1. The number of hydrogen-bond acceptors (Lipinski definition) is 4. The number of fused-ring (bicyclic) bond motifs is 1. The van der Waals surface area contributed by atoms with Crippen LogP contribution >= 0.6 is 35.0 Å². The highest BCUT2D eigenvalue weighted by atomic mass is 35.5. The van der Waals surface area contributed by atoms with Gasteiger partial charge in [-0.2, -0.15) is 11.8 Å². The van der Waals surface area contributed by atoms with Crippen molar-refractivity contribution in [1.29, 1.82) is 0 Å². The van der Waals surface area contributed by atoms with Gasteiger partial charge in [0.1, 0.15) is 0 Å². The summed E-state index contributed by atoms with van der Waals surface area (Å²) in [4.78, 5) is 12.6. The fourth-order valence-corrected chi connectivity index (χ4v) is 3.47. The molecule has 8 heteroatoms. The van der Waals surface area contributed by atoms with Crippen LogP contribution < -0.4 is 5.32 Å². The number of carbonyl (C=O) groups excluding carboxylic acids is 1. The number of pyridine rings is 1. The van der Waals surface area contributed by atoms with Crippen LogP contribution in [-0.4, -0.2) is 32.5 Å². The van der Waals surface area contributed by atoms with Crippen molar-refractivity contribution in [1.82, 2.24) is 19.9 Å². The molecule has 5 nitrogen and oxygen atoms in total. The molecule has 0 aliphatic heterocycles. The molecule has 2 heterocycles. The minimum absolute atomic E-state index is 0.0952. The van der Waals surface area contributed by atoms with Gasteiger partial charge in [-0.1, -0.05) is 35.3 Å². The van der Waals surface area contributed by atoms with Gasteiger partial charge in [-0.15, -0.1) is 10.2 Å². The molecule has 0 aliphatic carbocycles. The molecule has 1 amide bonds. The summed E-state index contributed by atoms with van der Waals surface area (Å²) in [5, 5.41) is 12.5. The minimum atomic E-state index is -0.213. The maximum Gasteiger partial charge on any atom is 0.225 e. The van der Waals surface area contributed by atoms with Crippen LogP contribution in [0.4, 0.5) is 0 Å². The Balaban J connectivity index is 1.77. The molecule has 2 aromatic heterocycles. The third-order valence-electron chi connectivity index (χ3n) is 3.95. The number of rotatable bonds is 7. The van der Waals surface area contributed by atoms with Gasteiger partial charge in [0.25, 0.3) is 0 Å². The van der Waals surface area contributed by atoms with Crippen molar-refractivity contribution in [3.63, 3.8) is 0 Å². The van der Waals surface area contributed by atoms with Crippen molar-refractivity contribution in [2.45, 2.75) is 18.9 Å². The molecule has 0 saturated heterocycles. The quantitative estimate of drug-likeness (QED) is 0.636. The first-order chi connectivity index (χ1) is 12.6.